The molecule has 1 aromatic rings. The van der Waals surface area contributed by atoms with Crippen molar-refractivity contribution in [2.45, 2.75) is 12.7 Å². The lowest BCUT2D eigenvalue weighted by molar-refractivity contribution is -0.384. The number of carbonyl (C=O) groups is 1. The summed E-state index contributed by atoms with van der Waals surface area (Å²) in [5.41, 5.74) is 3.74. The van der Waals surface area contributed by atoms with Crippen LogP contribution in [0.25, 0.3) is 0 Å². The highest BCUT2D eigenvalue weighted by molar-refractivity contribution is 7.99. The Morgan fingerprint density at radius 1 is 1.58 bits per heavy atom. The van der Waals surface area contributed by atoms with Crippen LogP contribution in [-0.4, -0.2) is 23.3 Å². The van der Waals surface area contributed by atoms with Crippen molar-refractivity contribution in [3.63, 3.8) is 0 Å². The Morgan fingerprint density at radius 3 is 2.89 bits per heavy atom. The average molecular weight is 285 g/mol. The summed E-state index contributed by atoms with van der Waals surface area (Å²) in [5, 5.41) is 10.7. The first-order valence-electron chi connectivity index (χ1n) is 5.55. The molecule has 0 radical (unpaired) electrons. The molecule has 0 amide bonds. The van der Waals surface area contributed by atoms with E-state index in [0.29, 0.717) is 23.6 Å². The number of benzene rings is 1. The first-order chi connectivity index (χ1) is 9.08. The van der Waals surface area contributed by atoms with E-state index in [9.17, 15) is 14.9 Å². The number of nitrogens with one attached hydrogen (secondary N) is 1. The van der Waals surface area contributed by atoms with Gasteiger partial charge in [0.05, 0.1) is 23.0 Å². The van der Waals surface area contributed by atoms with Gasteiger partial charge in [-0.05, 0) is 18.6 Å². The van der Waals surface area contributed by atoms with E-state index >= 15 is 0 Å². The minimum Gasteiger partial charge on any atom is -0.465 e. The van der Waals surface area contributed by atoms with Gasteiger partial charge in [0, 0.05) is 17.9 Å². The molecule has 104 valence electrons. The van der Waals surface area contributed by atoms with E-state index in [1.807, 2.05) is 0 Å². The van der Waals surface area contributed by atoms with E-state index in [1.54, 1.807) is 13.0 Å². The second-order valence-electron chi connectivity index (χ2n) is 3.54. The lowest BCUT2D eigenvalue weighted by Gasteiger charge is -2.08. The van der Waals surface area contributed by atoms with Crippen LogP contribution in [0.5, 0.6) is 0 Å². The number of hydrogen-bond donors (Lipinski definition) is 2. The molecule has 0 heterocycles. The quantitative estimate of drug-likeness (QED) is 0.339. The number of nitrogens with zero attached hydrogens (tertiary/aromatic N) is 1. The molecule has 0 saturated carbocycles. The maximum Gasteiger partial charge on any atom is 0.315 e. The lowest BCUT2D eigenvalue weighted by Crippen LogP contribution is -2.10. The van der Waals surface area contributed by atoms with Crippen molar-refractivity contribution in [3.05, 3.63) is 33.9 Å². The van der Waals surface area contributed by atoms with Crippen molar-refractivity contribution in [1.82, 2.24) is 0 Å². The third kappa shape index (κ3) is 4.76. The van der Waals surface area contributed by atoms with Crippen LogP contribution in [0.2, 0.25) is 0 Å². The van der Waals surface area contributed by atoms with Crippen molar-refractivity contribution < 1.29 is 14.5 Å². The van der Waals surface area contributed by atoms with Gasteiger partial charge < -0.3 is 10.2 Å². The highest BCUT2D eigenvalue weighted by atomic mass is 32.2. The van der Waals surface area contributed by atoms with Crippen LogP contribution < -0.4 is 11.3 Å². The van der Waals surface area contributed by atoms with Crippen LogP contribution in [0.4, 0.5) is 11.4 Å². The summed E-state index contributed by atoms with van der Waals surface area (Å²) in [7, 11) is 0. The molecule has 1 rings (SSSR count). The fraction of sp³-hybridized carbons (Fsp3) is 0.364. The fourth-order valence-corrected chi connectivity index (χ4v) is 2.21. The molecular weight excluding hydrogens is 270 g/mol. The van der Waals surface area contributed by atoms with Crippen molar-refractivity contribution in [1.29, 1.82) is 0 Å². The SMILES string of the molecule is CCOC(=O)CSCc1cc([N+](=O)[O-])ccc1NN. The highest BCUT2D eigenvalue weighted by Gasteiger charge is 2.11. The predicted molar refractivity (Wildman–Crippen MR) is 73.7 cm³/mol. The maximum atomic E-state index is 11.2. The van der Waals surface area contributed by atoms with Crippen LogP contribution in [0.1, 0.15) is 12.5 Å². The minimum absolute atomic E-state index is 0.00858. The van der Waals surface area contributed by atoms with Crippen LogP contribution in [0.3, 0.4) is 0 Å². The van der Waals surface area contributed by atoms with Gasteiger partial charge in [0.25, 0.3) is 5.69 Å². The first kappa shape index (κ1) is 15.3. The van der Waals surface area contributed by atoms with Gasteiger partial charge in [-0.15, -0.1) is 11.8 Å². The molecule has 0 saturated heterocycles. The van der Waals surface area contributed by atoms with Gasteiger partial charge in [0.2, 0.25) is 0 Å². The smallest absolute Gasteiger partial charge is 0.315 e. The van der Waals surface area contributed by atoms with Gasteiger partial charge in [-0.25, -0.2) is 0 Å². The second-order valence-corrected chi connectivity index (χ2v) is 4.53. The maximum absolute atomic E-state index is 11.2. The zero-order chi connectivity index (χ0) is 14.3. The number of nitro benzene ring substituents is 1. The summed E-state index contributed by atoms with van der Waals surface area (Å²) < 4.78 is 4.79. The van der Waals surface area contributed by atoms with E-state index < -0.39 is 4.92 Å². The largest absolute Gasteiger partial charge is 0.465 e. The van der Waals surface area contributed by atoms with E-state index in [0.717, 1.165) is 0 Å². The highest BCUT2D eigenvalue weighted by Crippen LogP contribution is 2.25. The molecule has 0 atom stereocenters. The number of thioether (sulfide) groups is 1. The molecule has 7 nitrogen and oxygen atoms in total. The van der Waals surface area contributed by atoms with Gasteiger partial charge >= 0.3 is 5.97 Å². The van der Waals surface area contributed by atoms with Crippen molar-refractivity contribution in [3.8, 4) is 0 Å². The van der Waals surface area contributed by atoms with Gasteiger partial charge in [-0.3, -0.25) is 20.8 Å². The monoisotopic (exact) mass is 285 g/mol. The molecule has 0 spiro atoms. The summed E-state index contributed by atoms with van der Waals surface area (Å²) in [4.78, 5) is 21.4. The van der Waals surface area contributed by atoms with E-state index in [-0.39, 0.29) is 17.4 Å². The first-order valence-corrected chi connectivity index (χ1v) is 6.71. The molecule has 0 unspecified atom stereocenters. The molecule has 8 heteroatoms. The van der Waals surface area contributed by atoms with E-state index in [1.165, 1.54) is 23.9 Å². The van der Waals surface area contributed by atoms with E-state index in [2.05, 4.69) is 5.43 Å². The topological polar surface area (TPSA) is 107 Å². The molecular formula is C11H15N3O4S. The number of ether oxygens (including phenoxy) is 1. The number of esters is 1. The van der Waals surface area contributed by atoms with Gasteiger partial charge in [0.1, 0.15) is 0 Å². The number of rotatable bonds is 7. The fourth-order valence-electron chi connectivity index (χ4n) is 1.40. The number of hydrazine groups is 1. The predicted octanol–water partition coefficient (Wildman–Crippen LogP) is 1.68. The Hall–Kier alpha value is -1.80. The Balaban J connectivity index is 2.67. The van der Waals surface area contributed by atoms with Crippen LogP contribution in [-0.2, 0) is 15.3 Å². The molecule has 0 fully saturated rings. The summed E-state index contributed by atoms with van der Waals surface area (Å²) in [6, 6.07) is 4.35. The summed E-state index contributed by atoms with van der Waals surface area (Å²) in [6.45, 7) is 2.07. The van der Waals surface area contributed by atoms with E-state index in [4.69, 9.17) is 10.6 Å². The number of nitrogens with two attached hydrogens (primary N) is 1. The zero-order valence-corrected chi connectivity index (χ0v) is 11.2. The van der Waals surface area contributed by atoms with Crippen molar-refractivity contribution in [2.24, 2.45) is 5.84 Å². The van der Waals surface area contributed by atoms with Crippen molar-refractivity contribution in [2.75, 3.05) is 17.8 Å². The number of carbonyl (C=O) groups excluding carboxylic acids is 1. The van der Waals surface area contributed by atoms with Gasteiger partial charge in [0.15, 0.2) is 0 Å². The number of nitrogen functional groups attached to an aromatic ring is 1. The van der Waals surface area contributed by atoms with Crippen LogP contribution in [0, 0.1) is 10.1 Å². The molecule has 0 aliphatic rings. The number of anilines is 1. The molecule has 1 aromatic carbocycles. The molecule has 0 bridgehead atoms. The van der Waals surface area contributed by atoms with Crippen molar-refractivity contribution >= 4 is 29.1 Å². The van der Waals surface area contributed by atoms with Crippen LogP contribution in [0.15, 0.2) is 18.2 Å². The zero-order valence-electron chi connectivity index (χ0n) is 10.4. The second kappa shape index (κ2) is 7.59. The average Bonchev–Trinajstić information content (AvgIpc) is 2.38. The Morgan fingerprint density at radius 2 is 2.32 bits per heavy atom. The lowest BCUT2D eigenvalue weighted by atomic mass is 10.2. The van der Waals surface area contributed by atoms with Crippen LogP contribution >= 0.6 is 11.8 Å². The third-order valence-electron chi connectivity index (χ3n) is 2.24. The number of hydrogen-bond acceptors (Lipinski definition) is 7. The standard InChI is InChI=1S/C11H15N3O4S/c1-2-18-11(15)7-19-6-8-5-9(14(16)17)3-4-10(8)13-12/h3-5,13H,2,6-7,12H2,1H3. The van der Waals surface area contributed by atoms with Gasteiger partial charge in [-0.1, -0.05) is 0 Å². The normalized spacial score (nSPS) is 10.0. The Kier molecular flexibility index (Phi) is 6.10. The Labute approximate surface area is 114 Å². The third-order valence-corrected chi connectivity index (χ3v) is 3.19. The summed E-state index contributed by atoms with van der Waals surface area (Å²) in [5.74, 6) is 5.66. The minimum atomic E-state index is -0.472. The summed E-state index contributed by atoms with van der Waals surface area (Å²) in [6.07, 6.45) is 0. The number of nitro groups is 1. The molecule has 19 heavy (non-hydrogen) atoms. The molecule has 0 aliphatic heterocycles. The molecule has 3 N–H and O–H groups in total. The molecule has 0 aliphatic carbocycles. The number of non-ortho nitro benzene ring substituents is 1. The van der Waals surface area contributed by atoms with Gasteiger partial charge in [-0.2, -0.15) is 0 Å². The Bertz CT molecular complexity index is 467. The molecule has 0 aromatic heterocycles. The summed E-state index contributed by atoms with van der Waals surface area (Å²) >= 11 is 1.31.